The van der Waals surface area contributed by atoms with Crippen molar-refractivity contribution in [3.8, 4) is 11.4 Å². The Labute approximate surface area is 207 Å². The van der Waals surface area contributed by atoms with E-state index < -0.39 is 11.6 Å². The van der Waals surface area contributed by atoms with Gasteiger partial charge in [0.05, 0.1) is 23.6 Å². The van der Waals surface area contributed by atoms with E-state index in [0.29, 0.717) is 23.5 Å². The third-order valence-electron chi connectivity index (χ3n) is 7.27. The lowest BCUT2D eigenvalue weighted by Gasteiger charge is -2.28. The average molecular weight is 488 g/mol. The van der Waals surface area contributed by atoms with Crippen molar-refractivity contribution in [3.63, 3.8) is 0 Å². The number of pyridine rings is 3. The second-order valence-electron chi connectivity index (χ2n) is 9.68. The zero-order valence-corrected chi connectivity index (χ0v) is 19.8. The van der Waals surface area contributed by atoms with Gasteiger partial charge in [0.1, 0.15) is 11.6 Å². The van der Waals surface area contributed by atoms with Crippen molar-refractivity contribution < 1.29 is 8.78 Å². The summed E-state index contributed by atoms with van der Waals surface area (Å²) >= 11 is 0. The number of aromatic nitrogens is 5. The largest absolute Gasteiger partial charge is 0.322 e. The number of halogens is 2. The maximum Gasteiger partial charge on any atom is 0.168 e. The van der Waals surface area contributed by atoms with E-state index in [1.807, 2.05) is 18.5 Å². The van der Waals surface area contributed by atoms with Gasteiger partial charge in [-0.3, -0.25) is 4.98 Å². The molecule has 6 rings (SSSR count). The monoisotopic (exact) mass is 487 g/mol. The van der Waals surface area contributed by atoms with Gasteiger partial charge in [-0.2, -0.15) is 0 Å². The maximum absolute atomic E-state index is 14.1. The highest BCUT2D eigenvalue weighted by molar-refractivity contribution is 5.86. The molecule has 0 unspecified atom stereocenters. The second-order valence-corrected chi connectivity index (χ2v) is 9.68. The molecular weight excluding hydrogens is 460 g/mol. The second kappa shape index (κ2) is 9.81. The first kappa shape index (κ1) is 22.8. The highest BCUT2D eigenvalue weighted by Crippen LogP contribution is 2.40. The van der Waals surface area contributed by atoms with Gasteiger partial charge in [0.15, 0.2) is 17.5 Å². The lowest BCUT2D eigenvalue weighted by atomic mass is 9.78. The van der Waals surface area contributed by atoms with Gasteiger partial charge in [-0.25, -0.2) is 28.7 Å². The van der Waals surface area contributed by atoms with Crippen molar-refractivity contribution in [3.05, 3.63) is 65.9 Å². The van der Waals surface area contributed by atoms with Crippen LogP contribution < -0.4 is 10.6 Å². The minimum atomic E-state index is -0.789. The summed E-state index contributed by atoms with van der Waals surface area (Å²) in [5, 5.41) is 7.43. The van der Waals surface area contributed by atoms with Crippen LogP contribution >= 0.6 is 0 Å². The molecule has 184 valence electrons. The predicted octanol–water partition coefficient (Wildman–Crippen LogP) is 5.31. The van der Waals surface area contributed by atoms with Gasteiger partial charge in [-0.1, -0.05) is 6.42 Å². The Hall–Kier alpha value is -3.59. The molecule has 2 fully saturated rings. The van der Waals surface area contributed by atoms with Crippen LogP contribution in [0.15, 0.2) is 43.0 Å². The van der Waals surface area contributed by atoms with Crippen LogP contribution in [0.25, 0.3) is 22.3 Å². The summed E-state index contributed by atoms with van der Waals surface area (Å²) < 4.78 is 27.4. The van der Waals surface area contributed by atoms with Gasteiger partial charge in [0.2, 0.25) is 0 Å². The van der Waals surface area contributed by atoms with E-state index in [4.69, 9.17) is 9.97 Å². The first-order chi connectivity index (χ1) is 17.6. The topological polar surface area (TPSA) is 88.5 Å². The third kappa shape index (κ3) is 4.63. The Morgan fingerprint density at radius 3 is 2.61 bits per heavy atom. The molecule has 1 saturated heterocycles. The minimum absolute atomic E-state index is 0.0959. The van der Waals surface area contributed by atoms with Crippen LogP contribution in [0.3, 0.4) is 0 Å². The number of fused-ring (bicyclic) bond motifs is 1. The van der Waals surface area contributed by atoms with Crippen LogP contribution in [-0.4, -0.2) is 38.0 Å². The SMILES string of the molecule is Fc1cnc(Nc2cc(-c3nc(CC4CCNCC4)c4c(C5CCC5)cncc4n3)ccn2)c(F)c1. The van der Waals surface area contributed by atoms with E-state index in [9.17, 15) is 8.78 Å². The molecule has 1 saturated carbocycles. The van der Waals surface area contributed by atoms with Gasteiger partial charge < -0.3 is 10.6 Å². The summed E-state index contributed by atoms with van der Waals surface area (Å²) in [5.41, 5.74) is 3.94. The summed E-state index contributed by atoms with van der Waals surface area (Å²) in [6.07, 6.45) is 13.2. The highest BCUT2D eigenvalue weighted by atomic mass is 19.1. The van der Waals surface area contributed by atoms with Gasteiger partial charge in [-0.15, -0.1) is 0 Å². The highest BCUT2D eigenvalue weighted by Gasteiger charge is 2.26. The summed E-state index contributed by atoms with van der Waals surface area (Å²) in [7, 11) is 0. The van der Waals surface area contributed by atoms with E-state index in [1.165, 1.54) is 24.8 Å². The molecule has 9 heteroatoms. The molecule has 0 amide bonds. The average Bonchev–Trinajstić information content (AvgIpc) is 2.85. The summed E-state index contributed by atoms with van der Waals surface area (Å²) in [5.74, 6) is 0.427. The molecule has 0 bridgehead atoms. The van der Waals surface area contributed by atoms with Crippen molar-refractivity contribution in [2.75, 3.05) is 18.4 Å². The minimum Gasteiger partial charge on any atom is -0.322 e. The van der Waals surface area contributed by atoms with E-state index in [-0.39, 0.29) is 5.82 Å². The molecule has 7 nitrogen and oxygen atoms in total. The smallest absolute Gasteiger partial charge is 0.168 e. The fraction of sp³-hybridized carbons (Fsp3) is 0.370. The molecule has 0 atom stereocenters. The Kier molecular flexibility index (Phi) is 6.23. The van der Waals surface area contributed by atoms with Crippen LogP contribution in [0, 0.1) is 17.6 Å². The Morgan fingerprint density at radius 2 is 1.83 bits per heavy atom. The predicted molar refractivity (Wildman–Crippen MR) is 134 cm³/mol. The van der Waals surface area contributed by atoms with Gasteiger partial charge in [0, 0.05) is 29.4 Å². The zero-order valence-electron chi connectivity index (χ0n) is 19.8. The molecule has 0 radical (unpaired) electrons. The first-order valence-corrected chi connectivity index (χ1v) is 12.5. The lowest BCUT2D eigenvalue weighted by Crippen LogP contribution is -2.29. The van der Waals surface area contributed by atoms with Crippen molar-refractivity contribution in [2.24, 2.45) is 5.92 Å². The Balaban J connectivity index is 1.40. The number of hydrogen-bond donors (Lipinski definition) is 2. The van der Waals surface area contributed by atoms with Gasteiger partial charge in [0.25, 0.3) is 0 Å². The quantitative estimate of drug-likeness (QED) is 0.381. The number of nitrogens with zero attached hydrogens (tertiary/aromatic N) is 5. The van der Waals surface area contributed by atoms with Gasteiger partial charge >= 0.3 is 0 Å². The lowest BCUT2D eigenvalue weighted by molar-refractivity contribution is 0.370. The summed E-state index contributed by atoms with van der Waals surface area (Å²) in [6, 6.07) is 4.37. The fourth-order valence-electron chi connectivity index (χ4n) is 5.12. The van der Waals surface area contributed by atoms with Crippen molar-refractivity contribution in [1.29, 1.82) is 0 Å². The molecule has 5 heterocycles. The molecule has 1 aliphatic carbocycles. The van der Waals surface area contributed by atoms with Crippen LogP contribution in [0.4, 0.5) is 20.4 Å². The van der Waals surface area contributed by atoms with Gasteiger partial charge in [-0.05, 0) is 74.7 Å². The van der Waals surface area contributed by atoms with Crippen LogP contribution in [0.5, 0.6) is 0 Å². The Bertz CT molecular complexity index is 1400. The van der Waals surface area contributed by atoms with Crippen molar-refractivity contribution in [2.45, 2.75) is 44.4 Å². The molecule has 0 aromatic carbocycles. The molecule has 2 N–H and O–H groups in total. The van der Waals surface area contributed by atoms with E-state index in [2.05, 4.69) is 25.6 Å². The maximum atomic E-state index is 14.1. The first-order valence-electron chi connectivity index (χ1n) is 12.5. The number of piperidine rings is 1. The molecular formula is C27H27F2N7. The number of anilines is 2. The number of hydrogen-bond acceptors (Lipinski definition) is 7. The molecule has 2 aliphatic rings. The van der Waals surface area contributed by atoms with Crippen LogP contribution in [0.2, 0.25) is 0 Å². The van der Waals surface area contributed by atoms with E-state index in [1.54, 1.807) is 12.3 Å². The summed E-state index contributed by atoms with van der Waals surface area (Å²) in [4.78, 5) is 22.6. The van der Waals surface area contributed by atoms with E-state index >= 15 is 0 Å². The Morgan fingerprint density at radius 1 is 0.972 bits per heavy atom. The van der Waals surface area contributed by atoms with Crippen LogP contribution in [0.1, 0.15) is 49.3 Å². The third-order valence-corrected chi connectivity index (χ3v) is 7.27. The molecule has 1 aliphatic heterocycles. The molecule has 0 spiro atoms. The normalized spacial score (nSPS) is 16.7. The molecule has 4 aromatic rings. The fourth-order valence-corrected chi connectivity index (χ4v) is 5.12. The van der Waals surface area contributed by atoms with Crippen LogP contribution in [-0.2, 0) is 6.42 Å². The molecule has 36 heavy (non-hydrogen) atoms. The zero-order chi connectivity index (χ0) is 24.5. The van der Waals surface area contributed by atoms with Crippen molar-refractivity contribution in [1.82, 2.24) is 30.2 Å². The van der Waals surface area contributed by atoms with Crippen molar-refractivity contribution >= 4 is 22.5 Å². The number of nitrogens with one attached hydrogen (secondary N) is 2. The standard InChI is InChI=1S/C27H27F2N7/c28-19-12-21(29)27(33-13-19)36-24-11-18(6-9-32-24)26-34-22(10-16-4-7-30-8-5-16)25-20(17-2-1-3-17)14-31-15-23(25)35-26/h6,9,11-17,30H,1-5,7-8,10H2,(H,32,33,36). The molecule has 4 aromatic heterocycles. The summed E-state index contributed by atoms with van der Waals surface area (Å²) in [6.45, 7) is 2.07. The number of rotatable bonds is 6. The van der Waals surface area contributed by atoms with E-state index in [0.717, 1.165) is 66.8 Å².